The molecule has 0 radical (unpaired) electrons. The highest BCUT2D eigenvalue weighted by Crippen LogP contribution is 2.17. The quantitative estimate of drug-likeness (QED) is 0.718. The lowest BCUT2D eigenvalue weighted by Gasteiger charge is -1.98. The highest BCUT2D eigenvalue weighted by atomic mass is 14.3. The van der Waals surface area contributed by atoms with Crippen molar-refractivity contribution in [1.82, 2.24) is 0 Å². The molecule has 0 aromatic heterocycles. The molecule has 0 saturated heterocycles. The lowest BCUT2D eigenvalue weighted by atomic mass is 10.1. The molecule has 0 bridgehead atoms. The maximum atomic E-state index is 7.26. The van der Waals surface area contributed by atoms with Crippen LogP contribution in [0.4, 0.5) is 0 Å². The molecule has 0 heterocycles. The van der Waals surface area contributed by atoms with E-state index in [1.807, 2.05) is 12.1 Å². The highest BCUT2D eigenvalue weighted by molar-refractivity contribution is 5.62. The molecule has 16 heavy (non-hydrogen) atoms. The van der Waals surface area contributed by atoms with E-state index in [1.54, 1.807) is 0 Å². The first-order valence-electron chi connectivity index (χ1n) is 4.77. The Labute approximate surface area is 95.0 Å². The second kappa shape index (κ2) is 6.81. The fourth-order valence-electron chi connectivity index (χ4n) is 1.26. The molecular formula is C14H10N2. The Hall–Kier alpha value is -2.58. The average molecular weight is 206 g/mol. The minimum atomic E-state index is 1.24. The molecule has 2 aromatic carbocycles. The fraction of sp³-hybridized carbons (Fsp3) is 0. The van der Waals surface area contributed by atoms with Gasteiger partial charge >= 0.3 is 0 Å². The SMILES string of the molecule is N#CC#N.c1ccc(-c2ccccc2)cc1. The molecule has 0 atom stereocenters. The Morgan fingerprint density at radius 2 is 0.875 bits per heavy atom. The predicted molar refractivity (Wildman–Crippen MR) is 63.1 cm³/mol. The van der Waals surface area contributed by atoms with Gasteiger partial charge in [-0.1, -0.05) is 60.7 Å². The predicted octanol–water partition coefficient (Wildman–Crippen LogP) is 3.39. The van der Waals surface area contributed by atoms with E-state index in [-0.39, 0.29) is 0 Å². The second-order valence-corrected chi connectivity index (χ2v) is 2.96. The smallest absolute Gasteiger partial charge is 0.181 e. The van der Waals surface area contributed by atoms with Crippen LogP contribution in [-0.2, 0) is 0 Å². The molecule has 0 amide bonds. The van der Waals surface area contributed by atoms with Gasteiger partial charge in [0.25, 0.3) is 0 Å². The monoisotopic (exact) mass is 206 g/mol. The van der Waals surface area contributed by atoms with Crippen LogP contribution in [0.2, 0.25) is 0 Å². The van der Waals surface area contributed by atoms with Gasteiger partial charge in [0.1, 0.15) is 0 Å². The van der Waals surface area contributed by atoms with Gasteiger partial charge in [-0.15, -0.1) is 0 Å². The molecule has 2 rings (SSSR count). The zero-order chi connectivity index (χ0) is 11.6. The van der Waals surface area contributed by atoms with Crippen molar-refractivity contribution < 1.29 is 0 Å². The summed E-state index contributed by atoms with van der Waals surface area (Å²) in [6.07, 6.45) is 0. The summed E-state index contributed by atoms with van der Waals surface area (Å²) in [6.45, 7) is 0. The molecule has 0 spiro atoms. The van der Waals surface area contributed by atoms with Crippen LogP contribution in [0.3, 0.4) is 0 Å². The van der Waals surface area contributed by atoms with E-state index in [4.69, 9.17) is 10.5 Å². The van der Waals surface area contributed by atoms with Gasteiger partial charge in [0.15, 0.2) is 12.1 Å². The van der Waals surface area contributed by atoms with Gasteiger partial charge in [0, 0.05) is 0 Å². The van der Waals surface area contributed by atoms with E-state index in [0.717, 1.165) is 0 Å². The number of nitrogens with zero attached hydrogens (tertiary/aromatic N) is 2. The summed E-state index contributed by atoms with van der Waals surface area (Å²) in [5.41, 5.74) is 2.55. The maximum Gasteiger partial charge on any atom is 0.181 e. The third kappa shape index (κ3) is 3.65. The summed E-state index contributed by atoms with van der Waals surface area (Å²) in [5.74, 6) is 0. The van der Waals surface area contributed by atoms with Gasteiger partial charge in [0.2, 0.25) is 0 Å². The molecule has 0 N–H and O–H groups in total. The van der Waals surface area contributed by atoms with E-state index in [0.29, 0.717) is 0 Å². The number of benzene rings is 2. The van der Waals surface area contributed by atoms with Gasteiger partial charge in [0.05, 0.1) is 0 Å². The number of hydrogen-bond acceptors (Lipinski definition) is 2. The molecule has 0 fully saturated rings. The van der Waals surface area contributed by atoms with E-state index < -0.39 is 0 Å². The Balaban J connectivity index is 0.000000280. The summed E-state index contributed by atoms with van der Waals surface area (Å²) in [7, 11) is 0. The van der Waals surface area contributed by atoms with Gasteiger partial charge in [-0.05, 0) is 11.1 Å². The Bertz CT molecular complexity index is 440. The Morgan fingerprint density at radius 1 is 0.562 bits per heavy atom. The topological polar surface area (TPSA) is 47.6 Å². The molecule has 0 aliphatic carbocycles. The number of nitriles is 2. The third-order valence-electron chi connectivity index (χ3n) is 1.93. The van der Waals surface area contributed by atoms with Crippen LogP contribution in [0.1, 0.15) is 0 Å². The Kier molecular flexibility index (Phi) is 4.89. The fourth-order valence-corrected chi connectivity index (χ4v) is 1.26. The molecule has 0 aliphatic rings. The van der Waals surface area contributed by atoms with Crippen molar-refractivity contribution in [3.63, 3.8) is 0 Å². The van der Waals surface area contributed by atoms with Crippen molar-refractivity contribution in [3.8, 4) is 23.3 Å². The van der Waals surface area contributed by atoms with Crippen LogP contribution in [-0.4, -0.2) is 0 Å². The summed E-state index contributed by atoms with van der Waals surface area (Å²) < 4.78 is 0. The normalized spacial score (nSPS) is 7.88. The average Bonchev–Trinajstić information content (AvgIpc) is 2.41. The highest BCUT2D eigenvalue weighted by Gasteiger charge is 1.91. The van der Waals surface area contributed by atoms with Gasteiger partial charge in [-0.25, -0.2) is 0 Å². The van der Waals surface area contributed by atoms with Crippen molar-refractivity contribution in [2.45, 2.75) is 0 Å². The van der Waals surface area contributed by atoms with Crippen LogP contribution in [0.25, 0.3) is 11.1 Å². The van der Waals surface area contributed by atoms with Crippen molar-refractivity contribution in [1.29, 1.82) is 10.5 Å². The third-order valence-corrected chi connectivity index (χ3v) is 1.93. The first-order chi connectivity index (χ1) is 7.88. The largest absolute Gasteiger partial charge is 0.181 e. The van der Waals surface area contributed by atoms with E-state index >= 15 is 0 Å². The number of rotatable bonds is 1. The molecule has 2 aromatic rings. The van der Waals surface area contributed by atoms with Crippen LogP contribution >= 0.6 is 0 Å². The lowest BCUT2D eigenvalue weighted by molar-refractivity contribution is 1.49. The standard InChI is InChI=1S/C12H10.C2N2/c1-3-7-11(8-4-1)12-9-5-2-6-10-12;3-1-2-4/h1-10H;. The Morgan fingerprint density at radius 3 is 1.12 bits per heavy atom. The zero-order valence-corrected chi connectivity index (χ0v) is 8.67. The van der Waals surface area contributed by atoms with Crippen LogP contribution in [0.15, 0.2) is 60.7 Å². The summed E-state index contributed by atoms with van der Waals surface area (Å²) in [5, 5.41) is 14.5. The molecule has 0 aliphatic heterocycles. The van der Waals surface area contributed by atoms with Crippen molar-refractivity contribution >= 4 is 0 Å². The lowest BCUT2D eigenvalue weighted by Crippen LogP contribution is -1.73. The first-order valence-corrected chi connectivity index (χ1v) is 4.77. The minimum absolute atomic E-state index is 1.24. The summed E-state index contributed by atoms with van der Waals surface area (Å²) >= 11 is 0. The molecule has 0 saturated carbocycles. The minimum Gasteiger partial charge on any atom is -0.181 e. The van der Waals surface area contributed by atoms with Crippen molar-refractivity contribution in [2.24, 2.45) is 0 Å². The maximum absolute atomic E-state index is 7.26. The summed E-state index contributed by atoms with van der Waals surface area (Å²) in [6, 6.07) is 23.3. The van der Waals surface area contributed by atoms with Gasteiger partial charge < -0.3 is 0 Å². The van der Waals surface area contributed by atoms with E-state index in [1.165, 1.54) is 23.3 Å². The molecule has 76 valence electrons. The molecular weight excluding hydrogens is 196 g/mol. The van der Waals surface area contributed by atoms with Gasteiger partial charge in [-0.2, -0.15) is 10.5 Å². The second-order valence-electron chi connectivity index (χ2n) is 2.96. The molecule has 2 heteroatoms. The first kappa shape index (κ1) is 11.5. The molecule has 2 nitrogen and oxygen atoms in total. The van der Waals surface area contributed by atoms with E-state index in [9.17, 15) is 0 Å². The van der Waals surface area contributed by atoms with Crippen LogP contribution < -0.4 is 0 Å². The van der Waals surface area contributed by atoms with Gasteiger partial charge in [-0.3, -0.25) is 0 Å². The van der Waals surface area contributed by atoms with Crippen molar-refractivity contribution in [3.05, 3.63) is 60.7 Å². The van der Waals surface area contributed by atoms with E-state index in [2.05, 4.69) is 48.5 Å². The molecule has 0 unspecified atom stereocenters. The zero-order valence-electron chi connectivity index (χ0n) is 8.67. The summed E-state index contributed by atoms with van der Waals surface area (Å²) in [4.78, 5) is 0. The van der Waals surface area contributed by atoms with Crippen LogP contribution in [0, 0.1) is 22.7 Å². The number of hydrogen-bond donors (Lipinski definition) is 0. The van der Waals surface area contributed by atoms with Crippen molar-refractivity contribution in [2.75, 3.05) is 0 Å². The van der Waals surface area contributed by atoms with Crippen LogP contribution in [0.5, 0.6) is 0 Å².